The van der Waals surface area contributed by atoms with Gasteiger partial charge in [-0.2, -0.15) is 0 Å². The van der Waals surface area contributed by atoms with Crippen LogP contribution in [-0.4, -0.2) is 42.9 Å². The van der Waals surface area contributed by atoms with Crippen LogP contribution in [0.3, 0.4) is 0 Å². The second-order valence-electron chi connectivity index (χ2n) is 6.31. The Morgan fingerprint density at radius 1 is 1.04 bits per heavy atom. The number of hydrogen-bond acceptors (Lipinski definition) is 6. The van der Waals surface area contributed by atoms with Gasteiger partial charge in [-0.25, -0.2) is 9.10 Å². The first-order valence-electron chi connectivity index (χ1n) is 9.03. The number of piperidine rings is 1. The van der Waals surface area contributed by atoms with Gasteiger partial charge >= 0.3 is 5.97 Å². The molecule has 0 bridgehead atoms. The minimum absolute atomic E-state index is 0.234. The quantitative estimate of drug-likeness (QED) is 0.404. The molecule has 0 spiro atoms. The van der Waals surface area contributed by atoms with Crippen molar-refractivity contribution in [1.82, 2.24) is 4.31 Å². The van der Waals surface area contributed by atoms with Crippen LogP contribution in [0.5, 0.6) is 5.75 Å². The van der Waals surface area contributed by atoms with Gasteiger partial charge in [-0.15, -0.1) is 0 Å². The molecule has 1 aliphatic heterocycles. The van der Waals surface area contributed by atoms with Gasteiger partial charge in [0.05, 0.1) is 7.11 Å². The molecule has 0 aromatic heterocycles. The van der Waals surface area contributed by atoms with E-state index in [0.29, 0.717) is 16.9 Å². The summed E-state index contributed by atoms with van der Waals surface area (Å²) in [6, 6.07) is 14.3. The Bertz CT molecular complexity index is 788. The summed E-state index contributed by atoms with van der Waals surface area (Å²) in [6.45, 7) is 1.79. The summed E-state index contributed by atoms with van der Waals surface area (Å²) in [5.41, 5.74) is 0.854. The van der Waals surface area contributed by atoms with E-state index in [2.05, 4.69) is 4.31 Å². The van der Waals surface area contributed by atoms with Crippen LogP contribution in [-0.2, 0) is 4.74 Å². The number of ketones is 1. The van der Waals surface area contributed by atoms with E-state index in [1.165, 1.54) is 26.4 Å². The third kappa shape index (κ3) is 5.34. The van der Waals surface area contributed by atoms with Crippen LogP contribution in [0.15, 0.2) is 53.4 Å². The minimum atomic E-state index is -0.558. The maximum atomic E-state index is 12.5. The maximum Gasteiger partial charge on any atom is 0.342 e. The highest BCUT2D eigenvalue weighted by atomic mass is 32.2. The van der Waals surface area contributed by atoms with Crippen LogP contribution >= 0.6 is 11.9 Å². The Balaban J connectivity index is 1.66. The molecule has 0 unspecified atom stereocenters. The maximum absolute atomic E-state index is 12.5. The predicted molar refractivity (Wildman–Crippen MR) is 105 cm³/mol. The average molecular weight is 385 g/mol. The molecule has 0 N–H and O–H groups in total. The molecule has 0 aliphatic carbocycles. The monoisotopic (exact) mass is 385 g/mol. The van der Waals surface area contributed by atoms with Crippen LogP contribution < -0.4 is 4.74 Å². The second-order valence-corrected chi connectivity index (χ2v) is 7.48. The molecule has 0 radical (unpaired) electrons. The molecule has 5 nitrogen and oxygen atoms in total. The molecule has 1 saturated heterocycles. The largest absolute Gasteiger partial charge is 0.496 e. The molecule has 27 heavy (non-hydrogen) atoms. The number of esters is 1. The number of carbonyl (C=O) groups is 2. The van der Waals surface area contributed by atoms with E-state index in [4.69, 9.17) is 9.47 Å². The number of methoxy groups -OCH3 is 1. The molecule has 0 amide bonds. The van der Waals surface area contributed by atoms with E-state index in [9.17, 15) is 9.59 Å². The fourth-order valence-corrected chi connectivity index (χ4v) is 3.96. The van der Waals surface area contributed by atoms with Gasteiger partial charge in [0.25, 0.3) is 0 Å². The Morgan fingerprint density at radius 3 is 2.48 bits per heavy atom. The van der Waals surface area contributed by atoms with Gasteiger partial charge in [-0.3, -0.25) is 4.79 Å². The summed E-state index contributed by atoms with van der Waals surface area (Å²) in [7, 11) is 1.51. The van der Waals surface area contributed by atoms with Gasteiger partial charge in [-0.05, 0) is 43.0 Å². The van der Waals surface area contributed by atoms with Gasteiger partial charge in [0.15, 0.2) is 12.4 Å². The van der Waals surface area contributed by atoms with Crippen molar-refractivity contribution in [3.05, 3.63) is 59.7 Å². The summed E-state index contributed by atoms with van der Waals surface area (Å²) in [5, 5.41) is 0. The standard InChI is InChI=1S/C21H23NO4S/c1-25-20-11-10-17(27-22-12-6-3-7-13-22)14-18(20)21(24)26-15-19(23)16-8-4-2-5-9-16/h2,4-5,8-11,14H,3,6-7,12-13,15H2,1H3. The van der Waals surface area contributed by atoms with Crippen molar-refractivity contribution in [3.8, 4) is 5.75 Å². The molecule has 0 atom stereocenters. The van der Waals surface area contributed by atoms with E-state index in [0.717, 1.165) is 18.0 Å². The smallest absolute Gasteiger partial charge is 0.342 e. The predicted octanol–water partition coefficient (Wildman–Crippen LogP) is 4.23. The third-order valence-corrected chi connectivity index (χ3v) is 5.46. The van der Waals surface area contributed by atoms with Crippen LogP contribution in [0, 0.1) is 0 Å². The highest BCUT2D eigenvalue weighted by Gasteiger charge is 2.18. The number of carbonyl (C=O) groups excluding carboxylic acids is 2. The van der Waals surface area contributed by atoms with E-state index in [1.54, 1.807) is 48.3 Å². The average Bonchev–Trinajstić information content (AvgIpc) is 2.73. The zero-order valence-corrected chi connectivity index (χ0v) is 16.2. The number of ether oxygens (including phenoxy) is 2. The fraction of sp³-hybridized carbons (Fsp3) is 0.333. The molecule has 142 valence electrons. The summed E-state index contributed by atoms with van der Waals surface area (Å²) >= 11 is 1.64. The molecule has 3 rings (SSSR count). The number of benzene rings is 2. The molecule has 2 aromatic rings. The van der Waals surface area contributed by atoms with Gasteiger partial charge in [-0.1, -0.05) is 36.8 Å². The van der Waals surface area contributed by atoms with Crippen LogP contribution in [0.1, 0.15) is 40.0 Å². The Kier molecular flexibility index (Phi) is 6.90. The Hall–Kier alpha value is -2.31. The Labute approximate surface area is 163 Å². The first-order chi connectivity index (χ1) is 13.2. The van der Waals surface area contributed by atoms with Gasteiger partial charge in [0.2, 0.25) is 0 Å². The molecule has 1 aliphatic rings. The number of nitrogens with zero attached hydrogens (tertiary/aromatic N) is 1. The lowest BCUT2D eigenvalue weighted by Gasteiger charge is -2.25. The summed E-state index contributed by atoms with van der Waals surface area (Å²) in [4.78, 5) is 25.6. The van der Waals surface area contributed by atoms with Crippen molar-refractivity contribution in [1.29, 1.82) is 0 Å². The highest BCUT2D eigenvalue weighted by molar-refractivity contribution is 7.97. The normalized spacial score (nSPS) is 14.6. The molecular formula is C21H23NO4S. The summed E-state index contributed by atoms with van der Waals surface area (Å²) < 4.78 is 12.8. The summed E-state index contributed by atoms with van der Waals surface area (Å²) in [5.74, 6) is -0.353. The minimum Gasteiger partial charge on any atom is -0.496 e. The van der Waals surface area contributed by atoms with Crippen molar-refractivity contribution >= 4 is 23.7 Å². The molecule has 1 heterocycles. The van der Waals surface area contributed by atoms with E-state index < -0.39 is 5.97 Å². The number of rotatable bonds is 7. The number of hydrogen-bond donors (Lipinski definition) is 0. The lowest BCUT2D eigenvalue weighted by molar-refractivity contribution is 0.0471. The molecule has 2 aromatic carbocycles. The van der Waals surface area contributed by atoms with E-state index >= 15 is 0 Å². The van der Waals surface area contributed by atoms with Crippen molar-refractivity contribution in [2.45, 2.75) is 24.2 Å². The van der Waals surface area contributed by atoms with Crippen LogP contribution in [0.4, 0.5) is 0 Å². The van der Waals surface area contributed by atoms with Crippen molar-refractivity contribution in [2.75, 3.05) is 26.8 Å². The fourth-order valence-electron chi connectivity index (χ4n) is 2.92. The molecule has 0 saturated carbocycles. The lowest BCUT2D eigenvalue weighted by atomic mass is 10.1. The molecule has 1 fully saturated rings. The van der Waals surface area contributed by atoms with E-state index in [-0.39, 0.29) is 12.4 Å². The first kappa shape index (κ1) is 19.5. The van der Waals surface area contributed by atoms with Crippen molar-refractivity contribution in [3.63, 3.8) is 0 Å². The van der Waals surface area contributed by atoms with Gasteiger partial charge in [0, 0.05) is 23.5 Å². The molecule has 6 heteroatoms. The first-order valence-corrected chi connectivity index (χ1v) is 9.81. The van der Waals surface area contributed by atoms with E-state index in [1.807, 2.05) is 12.1 Å². The van der Waals surface area contributed by atoms with Crippen molar-refractivity contribution in [2.24, 2.45) is 0 Å². The van der Waals surface area contributed by atoms with Crippen LogP contribution in [0.2, 0.25) is 0 Å². The number of Topliss-reactive ketones (excluding diaryl/α,β-unsaturated/α-hetero) is 1. The van der Waals surface area contributed by atoms with Gasteiger partial charge in [0.1, 0.15) is 11.3 Å². The second kappa shape index (κ2) is 9.58. The molecular weight excluding hydrogens is 362 g/mol. The zero-order chi connectivity index (χ0) is 19.1. The SMILES string of the molecule is COc1ccc(SN2CCCCC2)cc1C(=O)OCC(=O)c1ccccc1. The van der Waals surface area contributed by atoms with Gasteiger partial charge < -0.3 is 9.47 Å². The topological polar surface area (TPSA) is 55.8 Å². The highest BCUT2D eigenvalue weighted by Crippen LogP contribution is 2.30. The zero-order valence-electron chi connectivity index (χ0n) is 15.3. The van der Waals surface area contributed by atoms with Crippen molar-refractivity contribution < 1.29 is 19.1 Å². The Morgan fingerprint density at radius 2 is 1.78 bits per heavy atom. The third-order valence-electron chi connectivity index (χ3n) is 4.37. The lowest BCUT2D eigenvalue weighted by Crippen LogP contribution is -2.22. The van der Waals surface area contributed by atoms with Crippen LogP contribution in [0.25, 0.3) is 0 Å². The summed E-state index contributed by atoms with van der Waals surface area (Å²) in [6.07, 6.45) is 3.66.